The van der Waals surface area contributed by atoms with E-state index in [1.165, 1.54) is 12.8 Å². The standard InChI is InChI=1S/C25H28N6O2/c1-4-29-12-11-20(28-29)15-30-22-9-7-18(25(32)33)13-21(22)27-24(30)19-8-10-23(26-14-19)31-16(2)5-6-17(31)3/h7-14,16-17H,4-6,15H2,1-3H3,(H,32,33)/t16-,17+. The van der Waals surface area contributed by atoms with Gasteiger partial charge < -0.3 is 14.6 Å². The lowest BCUT2D eigenvalue weighted by atomic mass is 10.2. The molecule has 1 saturated heterocycles. The minimum Gasteiger partial charge on any atom is -0.478 e. The highest BCUT2D eigenvalue weighted by Gasteiger charge is 2.28. The first-order chi connectivity index (χ1) is 15.9. The second-order valence-corrected chi connectivity index (χ2v) is 8.78. The quantitative estimate of drug-likeness (QED) is 0.473. The summed E-state index contributed by atoms with van der Waals surface area (Å²) in [6, 6.07) is 12.1. The van der Waals surface area contributed by atoms with E-state index in [0.717, 1.165) is 35.0 Å². The third-order valence-corrected chi connectivity index (χ3v) is 6.56. The highest BCUT2D eigenvalue weighted by molar-refractivity contribution is 5.93. The molecule has 0 aliphatic carbocycles. The Labute approximate surface area is 192 Å². The molecule has 0 unspecified atom stereocenters. The molecular formula is C25H28N6O2. The number of carbonyl (C=O) groups is 1. The molecule has 1 N–H and O–H groups in total. The highest BCUT2D eigenvalue weighted by Crippen LogP contribution is 2.31. The summed E-state index contributed by atoms with van der Waals surface area (Å²) in [6.45, 7) is 7.88. The molecule has 4 aromatic rings. The van der Waals surface area contributed by atoms with E-state index in [1.807, 2.05) is 29.2 Å². The van der Waals surface area contributed by atoms with Gasteiger partial charge in [-0.05, 0) is 70.0 Å². The zero-order chi connectivity index (χ0) is 23.1. The van der Waals surface area contributed by atoms with Crippen molar-refractivity contribution in [3.8, 4) is 11.4 Å². The van der Waals surface area contributed by atoms with Crippen molar-refractivity contribution in [3.63, 3.8) is 0 Å². The Kier molecular flexibility index (Phi) is 5.36. The van der Waals surface area contributed by atoms with Crippen LogP contribution in [0.1, 0.15) is 49.7 Å². The molecule has 0 spiro atoms. The lowest BCUT2D eigenvalue weighted by Crippen LogP contribution is -2.33. The van der Waals surface area contributed by atoms with Crippen LogP contribution < -0.4 is 4.90 Å². The Morgan fingerprint density at radius 2 is 1.91 bits per heavy atom. The number of aromatic nitrogens is 5. The van der Waals surface area contributed by atoms with Crippen molar-refractivity contribution in [3.05, 3.63) is 60.0 Å². The summed E-state index contributed by atoms with van der Waals surface area (Å²) < 4.78 is 3.98. The van der Waals surface area contributed by atoms with Crippen LogP contribution in [0.2, 0.25) is 0 Å². The first-order valence-corrected chi connectivity index (χ1v) is 11.4. The molecule has 0 bridgehead atoms. The number of pyridine rings is 1. The molecule has 0 saturated carbocycles. The Hall–Kier alpha value is -3.68. The molecule has 5 rings (SSSR count). The fourth-order valence-electron chi connectivity index (χ4n) is 4.79. The number of rotatable bonds is 6. The second-order valence-electron chi connectivity index (χ2n) is 8.78. The smallest absolute Gasteiger partial charge is 0.335 e. The van der Waals surface area contributed by atoms with E-state index in [-0.39, 0.29) is 5.56 Å². The minimum absolute atomic E-state index is 0.222. The molecule has 1 aromatic carbocycles. The van der Waals surface area contributed by atoms with Crippen LogP contribution in [0, 0.1) is 0 Å². The van der Waals surface area contributed by atoms with Gasteiger partial charge in [-0.25, -0.2) is 14.8 Å². The van der Waals surface area contributed by atoms with Gasteiger partial charge in [0.15, 0.2) is 0 Å². The van der Waals surface area contributed by atoms with Crippen molar-refractivity contribution in [1.82, 2.24) is 24.3 Å². The molecule has 8 heteroatoms. The Morgan fingerprint density at radius 1 is 1.12 bits per heavy atom. The fourth-order valence-corrected chi connectivity index (χ4v) is 4.79. The maximum absolute atomic E-state index is 11.5. The van der Waals surface area contributed by atoms with E-state index in [4.69, 9.17) is 9.97 Å². The van der Waals surface area contributed by atoms with Crippen LogP contribution >= 0.6 is 0 Å². The SMILES string of the molecule is CCn1ccc(Cn2c(-c3ccc(N4[C@H](C)CC[C@@H]4C)nc3)nc3cc(C(=O)O)ccc32)n1. The first-order valence-electron chi connectivity index (χ1n) is 11.4. The van der Waals surface area contributed by atoms with Gasteiger partial charge in [-0.3, -0.25) is 4.68 Å². The van der Waals surface area contributed by atoms with Crippen molar-refractivity contribution in [1.29, 1.82) is 0 Å². The Bertz CT molecular complexity index is 1300. The predicted octanol–water partition coefficient (Wildman–Crippen LogP) is 4.44. The van der Waals surface area contributed by atoms with E-state index in [0.29, 0.717) is 24.1 Å². The zero-order valence-electron chi connectivity index (χ0n) is 19.1. The van der Waals surface area contributed by atoms with Crippen LogP contribution in [0.5, 0.6) is 0 Å². The lowest BCUT2D eigenvalue weighted by Gasteiger charge is -2.27. The molecule has 33 heavy (non-hydrogen) atoms. The van der Waals surface area contributed by atoms with E-state index >= 15 is 0 Å². The second kappa shape index (κ2) is 8.35. The van der Waals surface area contributed by atoms with Gasteiger partial charge in [0, 0.05) is 36.6 Å². The number of carboxylic acid groups (broad SMARTS) is 1. The zero-order valence-corrected chi connectivity index (χ0v) is 19.1. The van der Waals surface area contributed by atoms with Crippen molar-refractivity contribution < 1.29 is 9.90 Å². The number of benzene rings is 1. The normalized spacial score (nSPS) is 18.3. The molecule has 8 nitrogen and oxygen atoms in total. The summed E-state index contributed by atoms with van der Waals surface area (Å²) in [7, 11) is 0. The average molecular weight is 445 g/mol. The number of hydrogen-bond donors (Lipinski definition) is 1. The highest BCUT2D eigenvalue weighted by atomic mass is 16.4. The molecule has 170 valence electrons. The van der Waals surface area contributed by atoms with Gasteiger partial charge >= 0.3 is 5.97 Å². The van der Waals surface area contributed by atoms with E-state index in [1.54, 1.807) is 12.1 Å². The molecule has 3 aromatic heterocycles. The molecule has 2 atom stereocenters. The van der Waals surface area contributed by atoms with E-state index < -0.39 is 5.97 Å². The van der Waals surface area contributed by atoms with Crippen LogP contribution in [0.3, 0.4) is 0 Å². The fraction of sp³-hybridized carbons (Fsp3) is 0.360. The molecular weight excluding hydrogens is 416 g/mol. The number of aromatic carboxylic acids is 1. The summed E-state index contributed by atoms with van der Waals surface area (Å²) in [5, 5.41) is 14.0. The minimum atomic E-state index is -0.963. The molecule has 4 heterocycles. The maximum atomic E-state index is 11.5. The lowest BCUT2D eigenvalue weighted by molar-refractivity contribution is 0.0697. The Balaban J connectivity index is 1.57. The summed E-state index contributed by atoms with van der Waals surface area (Å²) in [5.41, 5.74) is 3.54. The number of fused-ring (bicyclic) bond motifs is 1. The van der Waals surface area contributed by atoms with E-state index in [9.17, 15) is 9.90 Å². The third-order valence-electron chi connectivity index (χ3n) is 6.56. The van der Waals surface area contributed by atoms with Crippen molar-refractivity contribution >= 4 is 22.8 Å². The number of carboxylic acids is 1. The van der Waals surface area contributed by atoms with Crippen LogP contribution in [0.15, 0.2) is 48.8 Å². The topological polar surface area (TPSA) is 89.1 Å². The largest absolute Gasteiger partial charge is 0.478 e. The summed E-state index contributed by atoms with van der Waals surface area (Å²) in [4.78, 5) is 23.5. The molecule has 1 aliphatic rings. The van der Waals surface area contributed by atoms with Crippen LogP contribution in [-0.2, 0) is 13.1 Å². The van der Waals surface area contributed by atoms with Crippen molar-refractivity contribution in [2.75, 3.05) is 4.90 Å². The number of aryl methyl sites for hydroxylation is 1. The van der Waals surface area contributed by atoms with Crippen LogP contribution in [0.25, 0.3) is 22.4 Å². The Morgan fingerprint density at radius 3 is 2.55 bits per heavy atom. The van der Waals surface area contributed by atoms with Gasteiger partial charge in [0.1, 0.15) is 11.6 Å². The van der Waals surface area contributed by atoms with Gasteiger partial charge in [0.05, 0.1) is 28.8 Å². The molecule has 0 amide bonds. The summed E-state index contributed by atoms with van der Waals surface area (Å²) in [5.74, 6) is 0.767. The van der Waals surface area contributed by atoms with Gasteiger partial charge in [-0.1, -0.05) is 0 Å². The van der Waals surface area contributed by atoms with Crippen LogP contribution in [0.4, 0.5) is 5.82 Å². The monoisotopic (exact) mass is 444 g/mol. The number of imidazole rings is 1. The summed E-state index contributed by atoms with van der Waals surface area (Å²) >= 11 is 0. The number of anilines is 1. The molecule has 0 radical (unpaired) electrons. The number of hydrogen-bond acceptors (Lipinski definition) is 5. The van der Waals surface area contributed by atoms with Gasteiger partial charge in [-0.2, -0.15) is 5.10 Å². The maximum Gasteiger partial charge on any atom is 0.335 e. The third kappa shape index (κ3) is 3.86. The van der Waals surface area contributed by atoms with Crippen molar-refractivity contribution in [2.24, 2.45) is 0 Å². The van der Waals surface area contributed by atoms with Crippen molar-refractivity contribution in [2.45, 2.75) is 58.8 Å². The number of nitrogens with zero attached hydrogens (tertiary/aromatic N) is 6. The van der Waals surface area contributed by atoms with E-state index in [2.05, 4.69) is 47.5 Å². The summed E-state index contributed by atoms with van der Waals surface area (Å²) in [6.07, 6.45) is 6.19. The molecule has 1 aliphatic heterocycles. The predicted molar refractivity (Wildman–Crippen MR) is 128 cm³/mol. The van der Waals surface area contributed by atoms with Gasteiger partial charge in [0.2, 0.25) is 0 Å². The van der Waals surface area contributed by atoms with Gasteiger partial charge in [-0.15, -0.1) is 0 Å². The van der Waals surface area contributed by atoms with Gasteiger partial charge in [0.25, 0.3) is 0 Å². The average Bonchev–Trinajstić information content (AvgIpc) is 3.51. The molecule has 1 fully saturated rings. The first kappa shape index (κ1) is 21.2. The van der Waals surface area contributed by atoms with Crippen LogP contribution in [-0.4, -0.2) is 47.5 Å².